The summed E-state index contributed by atoms with van der Waals surface area (Å²) < 4.78 is 12.7. The van der Waals surface area contributed by atoms with Crippen LogP contribution in [0.3, 0.4) is 0 Å². The van der Waals surface area contributed by atoms with Crippen molar-refractivity contribution < 1.29 is 19.1 Å². The Morgan fingerprint density at radius 3 is 1.55 bits per heavy atom. The van der Waals surface area contributed by atoms with Gasteiger partial charge in [0.15, 0.2) is 0 Å². The van der Waals surface area contributed by atoms with Gasteiger partial charge in [-0.3, -0.25) is 0 Å². The minimum atomic E-state index is -0.465. The van der Waals surface area contributed by atoms with Crippen molar-refractivity contribution in [2.24, 2.45) is 16.7 Å². The second-order valence-electron chi connectivity index (χ2n) is 12.3. The Bertz CT molecular complexity index is 1070. The van der Waals surface area contributed by atoms with E-state index in [-0.39, 0.29) is 22.8 Å². The lowest BCUT2D eigenvalue weighted by atomic mass is 9.48. The van der Waals surface area contributed by atoms with Crippen molar-refractivity contribution in [3.05, 3.63) is 70.8 Å². The Labute approximate surface area is 229 Å². The summed E-state index contributed by atoms with van der Waals surface area (Å²) >= 11 is 0. The molecule has 0 aliphatic heterocycles. The van der Waals surface area contributed by atoms with Gasteiger partial charge in [0.25, 0.3) is 0 Å². The monoisotopic (exact) mass is 518 g/mol. The van der Waals surface area contributed by atoms with Gasteiger partial charge in [-0.05, 0) is 92.7 Å². The highest BCUT2D eigenvalue weighted by Crippen LogP contribution is 2.61. The van der Waals surface area contributed by atoms with Gasteiger partial charge in [-0.1, -0.05) is 71.7 Å². The fourth-order valence-corrected chi connectivity index (χ4v) is 6.56. The molecular weight excluding hydrogens is 472 g/mol. The summed E-state index contributed by atoms with van der Waals surface area (Å²) in [5.74, 6) is -0.346. The smallest absolute Gasteiger partial charge is 0.338 e. The number of esters is 2. The molecule has 2 bridgehead atoms. The van der Waals surface area contributed by atoms with E-state index >= 15 is 0 Å². The first-order chi connectivity index (χ1) is 18.2. The van der Waals surface area contributed by atoms with Crippen LogP contribution < -0.4 is 0 Å². The quantitative estimate of drug-likeness (QED) is 0.280. The van der Waals surface area contributed by atoms with Crippen LogP contribution in [0.2, 0.25) is 0 Å². The summed E-state index contributed by atoms with van der Waals surface area (Å²) in [4.78, 5) is 26.8. The number of carbonyl (C=O) groups excluding carboxylic acids is 2. The Balaban J connectivity index is 1.56. The van der Waals surface area contributed by atoms with E-state index in [1.165, 1.54) is 11.1 Å². The van der Waals surface area contributed by atoms with E-state index in [4.69, 9.17) is 9.47 Å². The fraction of sp³-hybridized carbons (Fsp3) is 0.588. The van der Waals surface area contributed by atoms with Gasteiger partial charge in [0.2, 0.25) is 0 Å². The molecule has 3 aliphatic carbocycles. The van der Waals surface area contributed by atoms with E-state index in [1.807, 2.05) is 48.5 Å². The van der Waals surface area contributed by atoms with Gasteiger partial charge in [-0.25, -0.2) is 9.59 Å². The van der Waals surface area contributed by atoms with Crippen LogP contribution in [0.4, 0.5) is 0 Å². The van der Waals surface area contributed by atoms with Crippen LogP contribution in [-0.2, 0) is 22.3 Å². The van der Waals surface area contributed by atoms with Gasteiger partial charge in [0.05, 0.1) is 11.1 Å². The molecule has 0 amide bonds. The second kappa shape index (κ2) is 12.1. The van der Waals surface area contributed by atoms with Crippen molar-refractivity contribution in [3.8, 4) is 0 Å². The first-order valence-corrected chi connectivity index (χ1v) is 14.8. The number of ether oxygens (including phenoxy) is 2. The number of benzene rings is 2. The largest absolute Gasteiger partial charge is 0.454 e. The van der Waals surface area contributed by atoms with Crippen LogP contribution in [0.15, 0.2) is 48.5 Å². The highest BCUT2D eigenvalue weighted by molar-refractivity contribution is 5.90. The number of hydrogen-bond donors (Lipinski definition) is 0. The number of unbranched alkanes of at least 4 members (excludes halogenated alkanes) is 2. The Morgan fingerprint density at radius 1 is 0.737 bits per heavy atom. The van der Waals surface area contributed by atoms with Crippen molar-refractivity contribution in [2.45, 2.75) is 111 Å². The molecule has 38 heavy (non-hydrogen) atoms. The van der Waals surface area contributed by atoms with Gasteiger partial charge in [0, 0.05) is 10.8 Å². The minimum Gasteiger partial charge on any atom is -0.454 e. The summed E-state index contributed by atoms with van der Waals surface area (Å²) in [5.41, 5.74) is 3.19. The van der Waals surface area contributed by atoms with Gasteiger partial charge in [-0.2, -0.15) is 0 Å². The predicted octanol–water partition coefficient (Wildman–Crippen LogP) is 8.36. The maximum absolute atomic E-state index is 13.4. The van der Waals surface area contributed by atoms with Crippen molar-refractivity contribution in [1.82, 2.24) is 0 Å². The number of carbonyl (C=O) groups is 2. The summed E-state index contributed by atoms with van der Waals surface area (Å²) in [7, 11) is 0. The SMILES string of the molecule is CCCCc1ccc(C(=O)O[C@@H]2[C@H](OC(=O)c3ccc(CCCC)cc3)C3(C(C)C)CCC2(C)CC3)cc1. The average molecular weight is 519 g/mol. The van der Waals surface area contributed by atoms with Crippen LogP contribution in [-0.4, -0.2) is 24.1 Å². The van der Waals surface area contributed by atoms with E-state index in [0.717, 1.165) is 64.2 Å². The van der Waals surface area contributed by atoms with Gasteiger partial charge >= 0.3 is 11.9 Å². The van der Waals surface area contributed by atoms with Gasteiger partial charge < -0.3 is 9.47 Å². The number of aryl methyl sites for hydroxylation is 2. The van der Waals surface area contributed by atoms with E-state index < -0.39 is 12.2 Å². The lowest BCUT2D eigenvalue weighted by molar-refractivity contribution is -0.210. The van der Waals surface area contributed by atoms with Crippen molar-refractivity contribution in [3.63, 3.8) is 0 Å². The molecule has 0 unspecified atom stereocenters. The molecule has 4 nitrogen and oxygen atoms in total. The first-order valence-electron chi connectivity index (χ1n) is 14.8. The Kier molecular flexibility index (Phi) is 9.00. The van der Waals surface area contributed by atoms with Crippen molar-refractivity contribution in [2.75, 3.05) is 0 Å². The maximum atomic E-state index is 13.4. The molecule has 3 saturated carbocycles. The van der Waals surface area contributed by atoms with Crippen LogP contribution in [0.1, 0.15) is 118 Å². The molecule has 0 N–H and O–H groups in total. The molecule has 0 aromatic heterocycles. The van der Waals surface area contributed by atoms with Crippen molar-refractivity contribution in [1.29, 1.82) is 0 Å². The highest BCUT2D eigenvalue weighted by atomic mass is 16.6. The Morgan fingerprint density at radius 2 is 1.16 bits per heavy atom. The van der Waals surface area contributed by atoms with Gasteiger partial charge in [-0.15, -0.1) is 0 Å². The molecule has 2 aromatic carbocycles. The average Bonchev–Trinajstić information content (AvgIpc) is 2.93. The minimum absolute atomic E-state index is 0.191. The van der Waals surface area contributed by atoms with Crippen molar-refractivity contribution >= 4 is 11.9 Å². The first kappa shape index (κ1) is 28.4. The van der Waals surface area contributed by atoms with E-state index in [9.17, 15) is 9.59 Å². The molecule has 206 valence electrons. The lowest BCUT2D eigenvalue weighted by Crippen LogP contribution is -2.64. The molecule has 0 heterocycles. The normalized spacial score (nSPS) is 26.4. The predicted molar refractivity (Wildman–Crippen MR) is 152 cm³/mol. The molecule has 0 saturated heterocycles. The molecule has 0 radical (unpaired) electrons. The van der Waals surface area contributed by atoms with E-state index in [2.05, 4.69) is 34.6 Å². The Hall–Kier alpha value is -2.62. The zero-order valence-electron chi connectivity index (χ0n) is 24.1. The maximum Gasteiger partial charge on any atom is 0.338 e. The molecule has 0 spiro atoms. The number of rotatable bonds is 11. The third kappa shape index (κ3) is 5.84. The third-order valence-electron chi connectivity index (χ3n) is 9.49. The standard InChI is InChI=1S/C34H46O4/c1-6-8-10-25-12-16-27(17-13-25)31(35)37-29-30(34(24(3)4)22-20-33(29,5)21-23-34)38-32(36)28-18-14-26(15-19-28)11-9-7-2/h12-19,24,29-30H,6-11,20-23H2,1-5H3/t29-,30+,33?,34?/m1/s1. The summed E-state index contributed by atoms with van der Waals surface area (Å²) in [6, 6.07) is 15.6. The molecule has 3 fully saturated rings. The second-order valence-corrected chi connectivity index (χ2v) is 12.3. The summed E-state index contributed by atoms with van der Waals surface area (Å²) in [6.07, 6.45) is 9.56. The molecule has 5 rings (SSSR count). The fourth-order valence-electron chi connectivity index (χ4n) is 6.56. The van der Waals surface area contributed by atoms with Gasteiger partial charge in [0.1, 0.15) is 12.2 Å². The zero-order chi connectivity index (χ0) is 27.3. The van der Waals surface area contributed by atoms with Crippen LogP contribution in [0, 0.1) is 16.7 Å². The highest BCUT2D eigenvalue weighted by Gasteiger charge is 2.63. The topological polar surface area (TPSA) is 52.6 Å². The summed E-state index contributed by atoms with van der Waals surface area (Å²) in [5, 5.41) is 0. The third-order valence-corrected chi connectivity index (χ3v) is 9.49. The molecular formula is C34H46O4. The zero-order valence-corrected chi connectivity index (χ0v) is 24.1. The van der Waals surface area contributed by atoms with Crippen LogP contribution >= 0.6 is 0 Å². The van der Waals surface area contributed by atoms with E-state index in [0.29, 0.717) is 17.0 Å². The number of fused-ring (bicyclic) bond motifs is 3. The van der Waals surface area contributed by atoms with E-state index in [1.54, 1.807) is 0 Å². The van der Waals surface area contributed by atoms with Crippen LogP contribution in [0.5, 0.6) is 0 Å². The lowest BCUT2D eigenvalue weighted by Gasteiger charge is -2.61. The van der Waals surface area contributed by atoms with Crippen LogP contribution in [0.25, 0.3) is 0 Å². The molecule has 2 aromatic rings. The molecule has 2 atom stereocenters. The summed E-state index contributed by atoms with van der Waals surface area (Å²) in [6.45, 7) is 11.0. The molecule has 4 heteroatoms. The molecule has 3 aliphatic rings. The number of hydrogen-bond acceptors (Lipinski definition) is 4.